The zero-order valence-electron chi connectivity index (χ0n) is 20.8. The average Bonchev–Trinajstić information content (AvgIpc) is 2.78. The van der Waals surface area contributed by atoms with E-state index in [1.54, 1.807) is 38.1 Å². The monoisotopic (exact) mass is 506 g/mol. The summed E-state index contributed by atoms with van der Waals surface area (Å²) in [4.78, 5) is 3.57. The number of fused-ring (bicyclic) bond motifs is 1. The molecular weight excluding hydrogens is 472 g/mol. The maximum atomic E-state index is 13.6. The summed E-state index contributed by atoms with van der Waals surface area (Å²) in [5, 5.41) is 10.5. The van der Waals surface area contributed by atoms with Crippen LogP contribution in [0.2, 0.25) is 0 Å². The van der Waals surface area contributed by atoms with Crippen molar-refractivity contribution in [2.24, 2.45) is 5.92 Å². The highest BCUT2D eigenvalue weighted by atomic mass is 19.4. The fourth-order valence-electron chi connectivity index (χ4n) is 5.14. The molecule has 36 heavy (non-hydrogen) atoms. The molecule has 0 aliphatic carbocycles. The predicted molar refractivity (Wildman–Crippen MR) is 132 cm³/mol. The van der Waals surface area contributed by atoms with Crippen LogP contribution < -0.4 is 4.74 Å². The molecule has 4 nitrogen and oxygen atoms in total. The molecule has 196 valence electrons. The lowest BCUT2D eigenvalue weighted by Crippen LogP contribution is -2.49. The fourth-order valence-corrected chi connectivity index (χ4v) is 5.14. The number of rotatable bonds is 9. The van der Waals surface area contributed by atoms with Crippen molar-refractivity contribution in [3.63, 3.8) is 0 Å². The minimum absolute atomic E-state index is 0.126. The van der Waals surface area contributed by atoms with Gasteiger partial charge in [-0.05, 0) is 54.7 Å². The maximum absolute atomic E-state index is 13.6. The molecule has 0 saturated carbocycles. The Morgan fingerprint density at radius 3 is 2.39 bits per heavy atom. The topological polar surface area (TPSA) is 35.9 Å². The van der Waals surface area contributed by atoms with Gasteiger partial charge in [0.05, 0.1) is 24.9 Å². The van der Waals surface area contributed by atoms with Crippen molar-refractivity contribution >= 4 is 0 Å². The SMILES string of the molecule is C=C[C@H]1Cc2cc(C(C)(C)O)ccc2[C@H](c2ccc(OCCN3CC(CF)C3)cc2)N1CC(F)(F)F. The van der Waals surface area contributed by atoms with Crippen molar-refractivity contribution in [1.29, 1.82) is 0 Å². The first-order chi connectivity index (χ1) is 17.0. The molecule has 0 bridgehead atoms. The number of likely N-dealkylation sites (tertiary alicyclic amines) is 1. The van der Waals surface area contributed by atoms with Crippen LogP contribution in [0.25, 0.3) is 0 Å². The van der Waals surface area contributed by atoms with Crippen LogP contribution in [-0.4, -0.2) is 66.6 Å². The molecule has 1 fully saturated rings. The van der Waals surface area contributed by atoms with Gasteiger partial charge in [0.2, 0.25) is 0 Å². The first-order valence-electron chi connectivity index (χ1n) is 12.3. The first kappa shape index (κ1) is 26.6. The van der Waals surface area contributed by atoms with Crippen molar-refractivity contribution in [2.75, 3.05) is 39.5 Å². The summed E-state index contributed by atoms with van der Waals surface area (Å²) in [7, 11) is 0. The molecule has 8 heteroatoms. The van der Waals surface area contributed by atoms with Gasteiger partial charge >= 0.3 is 6.18 Å². The Morgan fingerprint density at radius 1 is 1.11 bits per heavy atom. The highest BCUT2D eigenvalue weighted by molar-refractivity contribution is 5.45. The molecule has 2 aliphatic rings. The van der Waals surface area contributed by atoms with Crippen LogP contribution >= 0.6 is 0 Å². The van der Waals surface area contributed by atoms with Gasteiger partial charge in [-0.15, -0.1) is 6.58 Å². The summed E-state index contributed by atoms with van der Waals surface area (Å²) >= 11 is 0. The van der Waals surface area contributed by atoms with Gasteiger partial charge in [-0.3, -0.25) is 14.2 Å². The Bertz CT molecular complexity index is 1040. The Balaban J connectivity index is 1.58. The minimum Gasteiger partial charge on any atom is -0.492 e. The second-order valence-corrected chi connectivity index (χ2v) is 10.4. The lowest BCUT2D eigenvalue weighted by molar-refractivity contribution is -0.154. The average molecular weight is 507 g/mol. The van der Waals surface area contributed by atoms with Crippen LogP contribution in [0, 0.1) is 5.92 Å². The highest BCUT2D eigenvalue weighted by Crippen LogP contribution is 2.41. The van der Waals surface area contributed by atoms with Crippen LogP contribution in [-0.2, 0) is 12.0 Å². The molecule has 2 atom stereocenters. The molecule has 1 N–H and O–H groups in total. The summed E-state index contributed by atoms with van der Waals surface area (Å²) in [6, 6.07) is 11.6. The van der Waals surface area contributed by atoms with Gasteiger partial charge in [0.1, 0.15) is 12.4 Å². The van der Waals surface area contributed by atoms with Gasteiger partial charge < -0.3 is 9.84 Å². The van der Waals surface area contributed by atoms with Crippen LogP contribution in [0.5, 0.6) is 5.75 Å². The summed E-state index contributed by atoms with van der Waals surface area (Å²) in [5.41, 5.74) is 2.09. The van der Waals surface area contributed by atoms with Gasteiger partial charge in [0, 0.05) is 31.6 Å². The first-order valence-corrected chi connectivity index (χ1v) is 12.3. The normalized spacial score (nSPS) is 21.6. The number of nitrogens with zero attached hydrogens (tertiary/aromatic N) is 2. The quantitative estimate of drug-likeness (QED) is 0.372. The van der Waals surface area contributed by atoms with E-state index < -0.39 is 30.4 Å². The van der Waals surface area contributed by atoms with Gasteiger partial charge in [-0.2, -0.15) is 13.2 Å². The number of alkyl halides is 4. The summed E-state index contributed by atoms with van der Waals surface area (Å²) in [6.07, 6.45) is -2.42. The smallest absolute Gasteiger partial charge is 0.401 e. The van der Waals surface area contributed by atoms with E-state index in [1.807, 2.05) is 24.3 Å². The molecule has 0 unspecified atom stereocenters. The third kappa shape index (κ3) is 6.10. The van der Waals surface area contributed by atoms with Crippen molar-refractivity contribution < 1.29 is 27.4 Å². The predicted octanol–water partition coefficient (Wildman–Crippen LogP) is 5.26. The van der Waals surface area contributed by atoms with Gasteiger partial charge in [-0.1, -0.05) is 36.4 Å². The fraction of sp³-hybridized carbons (Fsp3) is 0.500. The van der Waals surface area contributed by atoms with Crippen LogP contribution in [0.15, 0.2) is 55.1 Å². The number of halogens is 4. The summed E-state index contributed by atoms with van der Waals surface area (Å²) in [5.74, 6) is 0.763. The molecule has 4 rings (SSSR count). The number of aliphatic hydroxyl groups is 1. The van der Waals surface area contributed by atoms with E-state index in [9.17, 15) is 22.7 Å². The van der Waals surface area contributed by atoms with E-state index in [0.29, 0.717) is 25.3 Å². The number of ether oxygens (including phenoxy) is 1. The van der Waals surface area contributed by atoms with Crippen LogP contribution in [0.1, 0.15) is 42.1 Å². The van der Waals surface area contributed by atoms with E-state index in [-0.39, 0.29) is 12.6 Å². The van der Waals surface area contributed by atoms with Gasteiger partial charge in [0.25, 0.3) is 0 Å². The molecule has 0 spiro atoms. The number of hydrogen-bond acceptors (Lipinski definition) is 4. The second kappa shape index (κ2) is 10.5. The lowest BCUT2D eigenvalue weighted by Gasteiger charge is -2.43. The van der Waals surface area contributed by atoms with E-state index in [1.165, 1.54) is 4.90 Å². The largest absolute Gasteiger partial charge is 0.492 e. The molecule has 0 aromatic heterocycles. The maximum Gasteiger partial charge on any atom is 0.401 e. The zero-order chi connectivity index (χ0) is 26.1. The molecule has 0 amide bonds. The zero-order valence-corrected chi connectivity index (χ0v) is 20.8. The third-order valence-corrected chi connectivity index (χ3v) is 7.09. The van der Waals surface area contributed by atoms with Crippen molar-refractivity contribution in [1.82, 2.24) is 9.80 Å². The number of benzene rings is 2. The Kier molecular flexibility index (Phi) is 7.78. The van der Waals surface area contributed by atoms with Gasteiger partial charge in [0.15, 0.2) is 0 Å². The van der Waals surface area contributed by atoms with E-state index >= 15 is 0 Å². The van der Waals surface area contributed by atoms with Gasteiger partial charge in [-0.25, -0.2) is 0 Å². The lowest BCUT2D eigenvalue weighted by atomic mass is 9.82. The van der Waals surface area contributed by atoms with Crippen molar-refractivity contribution in [3.05, 3.63) is 77.4 Å². The third-order valence-electron chi connectivity index (χ3n) is 7.09. The molecular formula is C28H34F4N2O2. The van der Waals surface area contributed by atoms with E-state index in [4.69, 9.17) is 4.74 Å². The molecule has 2 aromatic rings. The summed E-state index contributed by atoms with van der Waals surface area (Å²) < 4.78 is 59.3. The summed E-state index contributed by atoms with van der Waals surface area (Å²) in [6.45, 7) is 8.50. The molecule has 2 aromatic carbocycles. The Labute approximate surface area is 210 Å². The Morgan fingerprint density at radius 2 is 1.81 bits per heavy atom. The molecule has 2 aliphatic heterocycles. The number of hydrogen-bond donors (Lipinski definition) is 1. The van der Waals surface area contributed by atoms with Crippen LogP contribution in [0.3, 0.4) is 0 Å². The van der Waals surface area contributed by atoms with Crippen molar-refractivity contribution in [3.8, 4) is 5.75 Å². The standard InChI is InChI=1S/C28H34F4N2O2/c1-4-23-14-21-13-22(27(2,3)35)7-10-25(21)26(34(23)18-28(30,31)32)20-5-8-24(9-6-20)36-12-11-33-16-19(15-29)17-33/h4-10,13,19,23,26,35H,1,11-12,14-18H2,2-3H3/t23-,26-/m0/s1. The molecule has 1 saturated heterocycles. The van der Waals surface area contributed by atoms with E-state index in [0.717, 1.165) is 35.3 Å². The molecule has 0 radical (unpaired) electrons. The minimum atomic E-state index is -4.37. The highest BCUT2D eigenvalue weighted by Gasteiger charge is 2.41. The Hall–Kier alpha value is -2.42. The molecule has 2 heterocycles. The second-order valence-electron chi connectivity index (χ2n) is 10.4. The van der Waals surface area contributed by atoms with E-state index in [2.05, 4.69) is 11.5 Å². The van der Waals surface area contributed by atoms with Crippen molar-refractivity contribution in [2.45, 2.75) is 44.1 Å². The van der Waals surface area contributed by atoms with Crippen LogP contribution in [0.4, 0.5) is 17.6 Å².